The van der Waals surface area contributed by atoms with E-state index in [4.69, 9.17) is 16.3 Å². The molecule has 0 spiro atoms. The highest BCUT2D eigenvalue weighted by Crippen LogP contribution is 2.26. The fraction of sp³-hybridized carbons (Fsp3) is 0.714. The summed E-state index contributed by atoms with van der Waals surface area (Å²) in [7, 11) is 0. The van der Waals surface area contributed by atoms with Gasteiger partial charge in [0.1, 0.15) is 17.6 Å². The van der Waals surface area contributed by atoms with Gasteiger partial charge in [-0.1, -0.05) is 25.4 Å². The monoisotopic (exact) mass is 301 g/mol. The Kier molecular flexibility index (Phi) is 7.19. The molecule has 2 N–H and O–H groups in total. The van der Waals surface area contributed by atoms with Gasteiger partial charge < -0.3 is 15.2 Å². The topological polar surface area (TPSA) is 67.3 Å². The highest BCUT2D eigenvalue weighted by atomic mass is 35.5. The summed E-state index contributed by atoms with van der Waals surface area (Å²) in [5.41, 5.74) is -0.127. The van der Waals surface area contributed by atoms with E-state index in [1.807, 2.05) is 6.92 Å². The maximum atomic E-state index is 9.56. The van der Waals surface area contributed by atoms with Crippen LogP contribution in [0.3, 0.4) is 0 Å². The van der Waals surface area contributed by atoms with Crippen LogP contribution in [0.15, 0.2) is 6.07 Å². The van der Waals surface area contributed by atoms with Crippen LogP contribution in [0.5, 0.6) is 0 Å². The smallest absolute Gasteiger partial charge is 0.158 e. The quantitative estimate of drug-likeness (QED) is 0.687. The standard InChI is InChI=1S/C14H24ClN3O2/c1-4-14(5-2,10-19)9-16-12-7-11(15)17-13(18-12)8-20-6-3/h7,19H,4-6,8-10H2,1-3H3,(H,16,17,18). The Morgan fingerprint density at radius 3 is 2.55 bits per heavy atom. The number of rotatable bonds is 9. The van der Waals surface area contributed by atoms with Gasteiger partial charge in [-0.15, -0.1) is 0 Å². The van der Waals surface area contributed by atoms with Gasteiger partial charge in [-0.2, -0.15) is 0 Å². The van der Waals surface area contributed by atoms with Crippen molar-refractivity contribution in [3.05, 3.63) is 17.0 Å². The van der Waals surface area contributed by atoms with Crippen molar-refractivity contribution >= 4 is 17.4 Å². The van der Waals surface area contributed by atoms with Crippen molar-refractivity contribution < 1.29 is 9.84 Å². The molecule has 0 aromatic carbocycles. The van der Waals surface area contributed by atoms with E-state index in [9.17, 15) is 5.11 Å². The first-order valence-corrected chi connectivity index (χ1v) is 7.42. The van der Waals surface area contributed by atoms with Crippen LogP contribution in [-0.4, -0.2) is 34.8 Å². The third kappa shape index (κ3) is 4.89. The predicted octanol–water partition coefficient (Wildman–Crippen LogP) is 2.88. The molecule has 0 aliphatic carbocycles. The summed E-state index contributed by atoms with van der Waals surface area (Å²) in [6.45, 7) is 7.83. The summed E-state index contributed by atoms with van der Waals surface area (Å²) in [6, 6.07) is 1.68. The van der Waals surface area contributed by atoms with E-state index in [1.54, 1.807) is 6.07 Å². The largest absolute Gasteiger partial charge is 0.396 e. The highest BCUT2D eigenvalue weighted by Gasteiger charge is 2.25. The molecular formula is C14H24ClN3O2. The molecule has 0 unspecified atom stereocenters. The van der Waals surface area contributed by atoms with Crippen molar-refractivity contribution in [2.24, 2.45) is 5.41 Å². The Balaban J connectivity index is 2.74. The van der Waals surface area contributed by atoms with E-state index >= 15 is 0 Å². The lowest BCUT2D eigenvalue weighted by molar-refractivity contribution is 0.126. The van der Waals surface area contributed by atoms with Crippen molar-refractivity contribution in [1.29, 1.82) is 0 Å². The van der Waals surface area contributed by atoms with Crippen molar-refractivity contribution in [1.82, 2.24) is 9.97 Å². The van der Waals surface area contributed by atoms with Crippen LogP contribution in [0, 0.1) is 5.41 Å². The number of hydrogen-bond acceptors (Lipinski definition) is 5. The maximum absolute atomic E-state index is 9.56. The minimum atomic E-state index is -0.127. The number of aliphatic hydroxyl groups excluding tert-OH is 1. The highest BCUT2D eigenvalue weighted by molar-refractivity contribution is 6.29. The summed E-state index contributed by atoms with van der Waals surface area (Å²) >= 11 is 5.98. The van der Waals surface area contributed by atoms with Crippen LogP contribution >= 0.6 is 11.6 Å². The number of hydrogen-bond donors (Lipinski definition) is 2. The summed E-state index contributed by atoms with van der Waals surface area (Å²) < 4.78 is 5.29. The zero-order valence-corrected chi connectivity index (χ0v) is 13.2. The third-order valence-corrected chi connectivity index (χ3v) is 3.85. The van der Waals surface area contributed by atoms with Crippen molar-refractivity contribution in [2.75, 3.05) is 25.1 Å². The second kappa shape index (κ2) is 8.39. The predicted molar refractivity (Wildman–Crippen MR) is 81.0 cm³/mol. The molecule has 0 aliphatic rings. The van der Waals surface area contributed by atoms with Gasteiger partial charge >= 0.3 is 0 Å². The normalized spacial score (nSPS) is 11.7. The van der Waals surface area contributed by atoms with E-state index in [2.05, 4.69) is 29.1 Å². The van der Waals surface area contributed by atoms with E-state index in [0.29, 0.717) is 36.6 Å². The summed E-state index contributed by atoms with van der Waals surface area (Å²) in [5, 5.41) is 13.2. The van der Waals surface area contributed by atoms with Gasteiger partial charge in [0.05, 0.1) is 6.61 Å². The minimum absolute atomic E-state index is 0.127. The Labute approximate surface area is 125 Å². The lowest BCUT2D eigenvalue weighted by Gasteiger charge is -2.29. The number of anilines is 1. The van der Waals surface area contributed by atoms with Crippen molar-refractivity contribution in [2.45, 2.75) is 40.2 Å². The van der Waals surface area contributed by atoms with Crippen molar-refractivity contribution in [3.63, 3.8) is 0 Å². The lowest BCUT2D eigenvalue weighted by atomic mass is 9.83. The Hall–Kier alpha value is -0.910. The van der Waals surface area contributed by atoms with Gasteiger partial charge in [0, 0.05) is 24.6 Å². The van der Waals surface area contributed by atoms with Crippen molar-refractivity contribution in [3.8, 4) is 0 Å². The molecule has 1 heterocycles. The number of aliphatic hydroxyl groups is 1. The van der Waals surface area contributed by atoms with Gasteiger partial charge in [0.2, 0.25) is 0 Å². The second-order valence-corrected chi connectivity index (χ2v) is 5.24. The molecule has 1 aromatic heterocycles. The number of nitrogens with zero attached hydrogens (tertiary/aromatic N) is 2. The molecule has 1 aromatic rings. The summed E-state index contributed by atoms with van der Waals surface area (Å²) in [4.78, 5) is 8.48. The van der Waals surface area contributed by atoms with Gasteiger partial charge in [0.25, 0.3) is 0 Å². The van der Waals surface area contributed by atoms with Crippen LogP contribution in [0.4, 0.5) is 5.82 Å². The average Bonchev–Trinajstić information content (AvgIpc) is 2.47. The first kappa shape index (κ1) is 17.1. The first-order valence-electron chi connectivity index (χ1n) is 7.05. The fourth-order valence-electron chi connectivity index (χ4n) is 1.87. The Bertz CT molecular complexity index is 403. The average molecular weight is 302 g/mol. The number of aromatic nitrogens is 2. The lowest BCUT2D eigenvalue weighted by Crippen LogP contribution is -2.32. The van der Waals surface area contributed by atoms with E-state index in [-0.39, 0.29) is 12.0 Å². The second-order valence-electron chi connectivity index (χ2n) is 4.85. The zero-order chi connectivity index (χ0) is 15.0. The molecule has 20 heavy (non-hydrogen) atoms. The maximum Gasteiger partial charge on any atom is 0.158 e. The fourth-order valence-corrected chi connectivity index (χ4v) is 2.07. The molecule has 5 nitrogen and oxygen atoms in total. The molecule has 0 aliphatic heterocycles. The van der Waals surface area contributed by atoms with Gasteiger partial charge in [-0.3, -0.25) is 0 Å². The van der Waals surface area contributed by atoms with E-state index in [1.165, 1.54) is 0 Å². The van der Waals surface area contributed by atoms with Crippen LogP contribution in [-0.2, 0) is 11.3 Å². The van der Waals surface area contributed by atoms with Crippen LogP contribution < -0.4 is 5.32 Å². The van der Waals surface area contributed by atoms with Crippen LogP contribution in [0.2, 0.25) is 5.15 Å². The molecule has 114 valence electrons. The number of ether oxygens (including phenoxy) is 1. The van der Waals surface area contributed by atoms with Gasteiger partial charge in [0.15, 0.2) is 5.82 Å². The zero-order valence-electron chi connectivity index (χ0n) is 12.4. The first-order chi connectivity index (χ1) is 9.59. The molecule has 0 amide bonds. The van der Waals surface area contributed by atoms with Gasteiger partial charge in [-0.05, 0) is 19.8 Å². The Morgan fingerprint density at radius 1 is 1.30 bits per heavy atom. The van der Waals surface area contributed by atoms with E-state index in [0.717, 1.165) is 12.8 Å². The minimum Gasteiger partial charge on any atom is -0.396 e. The number of halogens is 1. The molecule has 0 fully saturated rings. The molecule has 0 radical (unpaired) electrons. The molecule has 6 heteroatoms. The van der Waals surface area contributed by atoms with E-state index < -0.39 is 0 Å². The Morgan fingerprint density at radius 2 is 2.00 bits per heavy atom. The molecular weight excluding hydrogens is 278 g/mol. The van der Waals surface area contributed by atoms with Crippen LogP contribution in [0.1, 0.15) is 39.4 Å². The third-order valence-electron chi connectivity index (χ3n) is 3.66. The van der Waals surface area contributed by atoms with Gasteiger partial charge in [-0.25, -0.2) is 9.97 Å². The molecule has 0 saturated carbocycles. The summed E-state index contributed by atoms with van der Waals surface area (Å²) in [5.74, 6) is 1.23. The molecule has 0 bridgehead atoms. The van der Waals surface area contributed by atoms with Crippen LogP contribution in [0.25, 0.3) is 0 Å². The molecule has 0 atom stereocenters. The molecule has 1 rings (SSSR count). The molecule has 0 saturated heterocycles. The summed E-state index contributed by atoms with van der Waals surface area (Å²) in [6.07, 6.45) is 1.80. The SMILES string of the molecule is CCOCc1nc(Cl)cc(NCC(CC)(CC)CO)n1. The number of nitrogens with one attached hydrogen (secondary N) is 1.